The summed E-state index contributed by atoms with van der Waals surface area (Å²) in [5, 5.41) is 8.74. The van der Waals surface area contributed by atoms with E-state index in [4.69, 9.17) is 4.78 Å². The molecule has 8 nitrogen and oxygen atoms in total. The summed E-state index contributed by atoms with van der Waals surface area (Å²) < 4.78 is 23.9. The van der Waals surface area contributed by atoms with Gasteiger partial charge in [0.1, 0.15) is 0 Å². The Bertz CT molecular complexity index is 1370. The first-order valence-electron chi connectivity index (χ1n) is 11.1. The van der Waals surface area contributed by atoms with Crippen molar-refractivity contribution in [3.63, 3.8) is 0 Å². The van der Waals surface area contributed by atoms with Crippen LogP contribution in [0.1, 0.15) is 31.7 Å². The first-order chi connectivity index (χ1) is 15.9. The predicted octanol–water partition coefficient (Wildman–Crippen LogP) is 4.57. The molecule has 1 saturated carbocycles. The lowest BCUT2D eigenvalue weighted by Gasteiger charge is -2.29. The molecule has 0 bridgehead atoms. The molecule has 3 atom stereocenters. The summed E-state index contributed by atoms with van der Waals surface area (Å²) >= 11 is 0. The molecule has 0 radical (unpaired) electrons. The third kappa shape index (κ3) is 4.59. The quantitative estimate of drug-likeness (QED) is 0.469. The average molecular weight is 462 g/mol. The Labute approximate surface area is 193 Å². The molecule has 0 amide bonds. The molecule has 3 aromatic heterocycles. The van der Waals surface area contributed by atoms with Crippen LogP contribution in [0.4, 0.5) is 0 Å². The van der Waals surface area contributed by atoms with Crippen molar-refractivity contribution in [3.8, 4) is 33.6 Å². The number of benzene rings is 1. The SMILES string of the molecule is Cn1cc(-c2cccc(-c3ncc(-c4cnn([C@H]5CCC[C@H](S(C)(=N)=O)C5)c4)cn3)c2)cn1. The minimum atomic E-state index is -2.53. The van der Waals surface area contributed by atoms with Crippen molar-refractivity contribution < 1.29 is 4.21 Å². The standard InChI is InChI=1S/C24H27N7OS/c1-30-15-20(13-28-30)17-5-3-6-18(9-17)24-26-11-19(12-27-24)21-14-29-31(16-21)22-7-4-8-23(10-22)33(2,25)32/h3,5-6,9,11-16,22-23,25H,4,7-8,10H2,1-2H3/t22-,23-,33?/m0/s1. The van der Waals surface area contributed by atoms with Gasteiger partial charge in [-0.1, -0.05) is 24.6 Å². The van der Waals surface area contributed by atoms with Gasteiger partial charge in [0.25, 0.3) is 0 Å². The van der Waals surface area contributed by atoms with Crippen LogP contribution in [0.25, 0.3) is 33.6 Å². The molecule has 0 saturated heterocycles. The van der Waals surface area contributed by atoms with Crippen LogP contribution >= 0.6 is 0 Å². The highest BCUT2D eigenvalue weighted by molar-refractivity contribution is 7.92. The van der Waals surface area contributed by atoms with Gasteiger partial charge < -0.3 is 0 Å². The van der Waals surface area contributed by atoms with Crippen molar-refractivity contribution in [1.82, 2.24) is 29.5 Å². The van der Waals surface area contributed by atoms with Gasteiger partial charge in [-0.05, 0) is 30.9 Å². The van der Waals surface area contributed by atoms with E-state index in [1.54, 1.807) is 10.9 Å². The van der Waals surface area contributed by atoms with Gasteiger partial charge in [0.05, 0.1) is 18.4 Å². The summed E-state index contributed by atoms with van der Waals surface area (Å²) in [5.41, 5.74) is 4.93. The summed E-state index contributed by atoms with van der Waals surface area (Å²) in [6.07, 6.45) is 16.4. The van der Waals surface area contributed by atoms with E-state index in [1.807, 2.05) is 61.0 Å². The zero-order chi connectivity index (χ0) is 23.0. The second-order valence-electron chi connectivity index (χ2n) is 8.83. The van der Waals surface area contributed by atoms with Crippen molar-refractivity contribution in [3.05, 3.63) is 61.4 Å². The molecular weight excluding hydrogens is 434 g/mol. The van der Waals surface area contributed by atoms with Gasteiger partial charge in [0.2, 0.25) is 0 Å². The molecule has 33 heavy (non-hydrogen) atoms. The summed E-state index contributed by atoms with van der Waals surface area (Å²) in [7, 11) is -0.625. The number of nitrogens with one attached hydrogen (secondary N) is 1. The van der Waals surface area contributed by atoms with Crippen LogP contribution in [0.5, 0.6) is 0 Å². The average Bonchev–Trinajstić information content (AvgIpc) is 3.49. The van der Waals surface area contributed by atoms with Crippen LogP contribution in [-0.2, 0) is 16.8 Å². The summed E-state index contributed by atoms with van der Waals surface area (Å²) in [5.74, 6) is 0.667. The van der Waals surface area contributed by atoms with Crippen LogP contribution in [0, 0.1) is 4.78 Å². The number of aryl methyl sites for hydroxylation is 1. The van der Waals surface area contributed by atoms with E-state index >= 15 is 0 Å². The van der Waals surface area contributed by atoms with E-state index in [1.165, 1.54) is 0 Å². The lowest BCUT2D eigenvalue weighted by Crippen LogP contribution is -2.28. The van der Waals surface area contributed by atoms with Crippen molar-refractivity contribution in [2.45, 2.75) is 37.0 Å². The highest BCUT2D eigenvalue weighted by Gasteiger charge is 2.28. The Kier molecular flexibility index (Phi) is 5.57. The summed E-state index contributed by atoms with van der Waals surface area (Å²) in [4.78, 5) is 9.20. The van der Waals surface area contributed by atoms with Gasteiger partial charge in [-0.2, -0.15) is 10.2 Å². The molecule has 0 aliphatic heterocycles. The van der Waals surface area contributed by atoms with Crippen molar-refractivity contribution in [2.24, 2.45) is 7.05 Å². The zero-order valence-electron chi connectivity index (χ0n) is 18.8. The summed E-state index contributed by atoms with van der Waals surface area (Å²) in [6, 6.07) is 8.31. The van der Waals surface area contributed by atoms with E-state index in [-0.39, 0.29) is 11.3 Å². The molecule has 3 heterocycles. The molecule has 1 N–H and O–H groups in total. The molecule has 5 rings (SSSR count). The molecule has 1 unspecified atom stereocenters. The fraction of sp³-hybridized carbons (Fsp3) is 0.333. The lowest BCUT2D eigenvalue weighted by molar-refractivity contribution is 0.332. The topological polar surface area (TPSA) is 102 Å². The molecule has 1 aliphatic carbocycles. The molecule has 4 aromatic rings. The van der Waals surface area contributed by atoms with Crippen molar-refractivity contribution >= 4 is 9.73 Å². The van der Waals surface area contributed by atoms with Crippen LogP contribution in [0.15, 0.2) is 61.4 Å². The van der Waals surface area contributed by atoms with E-state index in [0.29, 0.717) is 5.82 Å². The molecule has 170 valence electrons. The predicted molar refractivity (Wildman–Crippen MR) is 129 cm³/mol. The van der Waals surface area contributed by atoms with E-state index in [2.05, 4.69) is 32.3 Å². The van der Waals surface area contributed by atoms with Crippen LogP contribution in [0.2, 0.25) is 0 Å². The molecule has 1 aromatic carbocycles. The zero-order valence-corrected chi connectivity index (χ0v) is 19.6. The second-order valence-corrected chi connectivity index (χ2v) is 11.3. The minimum absolute atomic E-state index is 0.0612. The van der Waals surface area contributed by atoms with Gasteiger partial charge in [-0.3, -0.25) is 14.1 Å². The monoisotopic (exact) mass is 461 g/mol. The van der Waals surface area contributed by atoms with E-state index in [9.17, 15) is 4.21 Å². The lowest BCUT2D eigenvalue weighted by atomic mass is 9.95. The highest BCUT2D eigenvalue weighted by Crippen LogP contribution is 2.33. The maximum absolute atomic E-state index is 12.2. The maximum Gasteiger partial charge on any atom is 0.159 e. The van der Waals surface area contributed by atoms with Crippen LogP contribution < -0.4 is 0 Å². The Morgan fingerprint density at radius 3 is 2.39 bits per heavy atom. The minimum Gasteiger partial charge on any atom is -0.275 e. The summed E-state index contributed by atoms with van der Waals surface area (Å²) in [6.45, 7) is 0. The van der Waals surface area contributed by atoms with Gasteiger partial charge in [-0.25, -0.2) is 14.2 Å². The Balaban J connectivity index is 1.34. The second kappa shape index (κ2) is 8.55. The number of hydrogen-bond donors (Lipinski definition) is 1. The fourth-order valence-electron chi connectivity index (χ4n) is 4.49. The Morgan fingerprint density at radius 2 is 1.67 bits per heavy atom. The fourth-order valence-corrected chi connectivity index (χ4v) is 5.70. The van der Waals surface area contributed by atoms with Gasteiger partial charge >= 0.3 is 0 Å². The van der Waals surface area contributed by atoms with Crippen molar-refractivity contribution in [2.75, 3.05) is 6.26 Å². The first-order valence-corrected chi connectivity index (χ1v) is 13.1. The third-order valence-electron chi connectivity index (χ3n) is 6.35. The van der Waals surface area contributed by atoms with Gasteiger partial charge in [-0.15, -0.1) is 0 Å². The Hall–Kier alpha value is -3.33. The molecule has 1 aliphatic rings. The number of rotatable bonds is 5. The van der Waals surface area contributed by atoms with Gasteiger partial charge in [0, 0.05) is 75.3 Å². The van der Waals surface area contributed by atoms with Crippen LogP contribution in [0.3, 0.4) is 0 Å². The van der Waals surface area contributed by atoms with Gasteiger partial charge in [0.15, 0.2) is 5.82 Å². The van der Waals surface area contributed by atoms with Crippen LogP contribution in [-0.4, -0.2) is 45.2 Å². The molecule has 9 heteroatoms. The van der Waals surface area contributed by atoms with Crippen molar-refractivity contribution in [1.29, 1.82) is 4.78 Å². The first kappa shape index (κ1) is 21.5. The largest absolute Gasteiger partial charge is 0.275 e. The molecule has 1 fully saturated rings. The maximum atomic E-state index is 12.2. The molecule has 0 spiro atoms. The van der Waals surface area contributed by atoms with E-state index < -0.39 is 9.73 Å². The number of hydrogen-bond acceptors (Lipinski definition) is 6. The number of nitrogens with zero attached hydrogens (tertiary/aromatic N) is 6. The number of aromatic nitrogens is 6. The highest BCUT2D eigenvalue weighted by atomic mass is 32.2. The van der Waals surface area contributed by atoms with E-state index in [0.717, 1.165) is 53.5 Å². The smallest absolute Gasteiger partial charge is 0.159 e. The molecular formula is C24H27N7OS. The third-order valence-corrected chi connectivity index (χ3v) is 8.05. The normalized spacial score (nSPS) is 20.4. The Morgan fingerprint density at radius 1 is 0.939 bits per heavy atom.